The molecule has 2 rings (SSSR count). The predicted octanol–water partition coefficient (Wildman–Crippen LogP) is 4.85. The molecule has 10 heteroatoms. The van der Waals surface area contributed by atoms with E-state index in [0.717, 1.165) is 35.4 Å². The molecule has 0 amide bonds. The van der Waals surface area contributed by atoms with Crippen molar-refractivity contribution in [3.8, 4) is 5.75 Å². The smallest absolute Gasteiger partial charge is 0.422 e. The summed E-state index contributed by atoms with van der Waals surface area (Å²) in [6.45, 7) is 7.80. The molecule has 1 aromatic carbocycles. The van der Waals surface area contributed by atoms with Crippen LogP contribution in [0.25, 0.3) is 0 Å². The van der Waals surface area contributed by atoms with E-state index in [4.69, 9.17) is 9.26 Å². The average molecular weight is 554 g/mol. The van der Waals surface area contributed by atoms with E-state index in [1.165, 1.54) is 0 Å². The maximum Gasteiger partial charge on any atom is 0.422 e. The zero-order valence-corrected chi connectivity index (χ0v) is 20.6. The van der Waals surface area contributed by atoms with Crippen molar-refractivity contribution in [2.75, 3.05) is 19.7 Å². The van der Waals surface area contributed by atoms with Gasteiger partial charge >= 0.3 is 6.18 Å². The number of rotatable bonds is 9. The van der Waals surface area contributed by atoms with Crippen LogP contribution in [0.5, 0.6) is 5.75 Å². The molecule has 0 aliphatic rings. The molecule has 0 radical (unpaired) electrons. The number of guanidine groups is 1. The van der Waals surface area contributed by atoms with Gasteiger partial charge in [-0.05, 0) is 52.2 Å². The number of nitrogens with zero attached hydrogens (tertiary/aromatic N) is 2. The zero-order valence-electron chi connectivity index (χ0n) is 18.2. The number of aromatic nitrogens is 1. The maximum atomic E-state index is 12.5. The van der Waals surface area contributed by atoms with Crippen LogP contribution in [0.15, 0.2) is 27.7 Å². The fourth-order valence-corrected chi connectivity index (χ4v) is 2.92. The number of alkyl halides is 3. The second-order valence-electron chi connectivity index (χ2n) is 7.04. The van der Waals surface area contributed by atoms with Gasteiger partial charge in [-0.1, -0.05) is 17.3 Å². The number of benzene rings is 1. The van der Waals surface area contributed by atoms with E-state index in [2.05, 4.69) is 20.8 Å². The van der Waals surface area contributed by atoms with Crippen LogP contribution in [0.3, 0.4) is 0 Å². The Kier molecular flexibility index (Phi) is 11.1. The van der Waals surface area contributed by atoms with Gasteiger partial charge in [0.2, 0.25) is 0 Å². The topological polar surface area (TPSA) is 71.7 Å². The number of hydrogen-bond donors (Lipinski definition) is 2. The second kappa shape index (κ2) is 12.8. The number of ether oxygens (including phenoxy) is 1. The van der Waals surface area contributed by atoms with Gasteiger partial charge in [0.25, 0.3) is 0 Å². The van der Waals surface area contributed by atoms with Crippen molar-refractivity contribution in [3.63, 3.8) is 0 Å². The highest BCUT2D eigenvalue weighted by molar-refractivity contribution is 14.0. The summed E-state index contributed by atoms with van der Waals surface area (Å²) in [4.78, 5) is 4.49. The Balaban J connectivity index is 0.00000480. The average Bonchev–Trinajstić information content (AvgIpc) is 2.99. The molecule has 31 heavy (non-hydrogen) atoms. The van der Waals surface area contributed by atoms with Gasteiger partial charge in [-0.3, -0.25) is 0 Å². The molecule has 0 aliphatic carbocycles. The first-order chi connectivity index (χ1) is 14.2. The molecule has 2 aromatic rings. The highest BCUT2D eigenvalue weighted by Gasteiger charge is 2.28. The molecule has 0 unspecified atom stereocenters. The van der Waals surface area contributed by atoms with Crippen molar-refractivity contribution in [1.82, 2.24) is 15.8 Å². The van der Waals surface area contributed by atoms with Gasteiger partial charge in [-0.2, -0.15) is 13.2 Å². The van der Waals surface area contributed by atoms with Gasteiger partial charge < -0.3 is 19.9 Å². The van der Waals surface area contributed by atoms with E-state index in [-0.39, 0.29) is 36.3 Å². The summed E-state index contributed by atoms with van der Waals surface area (Å²) >= 11 is 0. The van der Waals surface area contributed by atoms with Gasteiger partial charge in [0, 0.05) is 24.2 Å². The molecule has 0 aliphatic heterocycles. The van der Waals surface area contributed by atoms with Crippen LogP contribution in [0.4, 0.5) is 13.2 Å². The minimum atomic E-state index is -4.39. The standard InChI is InChI=1S/C21H29F3N4O2.HI/c1-5-25-20(26-10-6-7-18-15(3)28-30-16(18)4)27-12-17-9-8-14(2)11-19(17)29-13-21(22,23)24;/h8-9,11H,5-7,10,12-13H2,1-4H3,(H2,25,26,27);1H. The molecule has 0 spiro atoms. The molecule has 0 bridgehead atoms. The van der Waals surface area contributed by atoms with Crippen molar-refractivity contribution in [3.05, 3.63) is 46.3 Å². The first-order valence-electron chi connectivity index (χ1n) is 9.92. The van der Waals surface area contributed by atoms with E-state index in [9.17, 15) is 13.2 Å². The fourth-order valence-electron chi connectivity index (χ4n) is 2.92. The lowest BCUT2D eigenvalue weighted by Crippen LogP contribution is -2.37. The number of hydrogen-bond acceptors (Lipinski definition) is 4. The van der Waals surface area contributed by atoms with Crippen molar-refractivity contribution >= 4 is 29.9 Å². The summed E-state index contributed by atoms with van der Waals surface area (Å²) in [5, 5.41) is 10.3. The second-order valence-corrected chi connectivity index (χ2v) is 7.04. The van der Waals surface area contributed by atoms with Crippen LogP contribution in [0.1, 0.15) is 41.5 Å². The summed E-state index contributed by atoms with van der Waals surface area (Å²) < 4.78 is 47.7. The first kappa shape index (κ1) is 27.1. The van der Waals surface area contributed by atoms with Gasteiger partial charge in [-0.15, -0.1) is 24.0 Å². The lowest BCUT2D eigenvalue weighted by molar-refractivity contribution is -0.153. The van der Waals surface area contributed by atoms with Gasteiger partial charge in [0.1, 0.15) is 11.5 Å². The van der Waals surface area contributed by atoms with Crippen LogP contribution >= 0.6 is 24.0 Å². The van der Waals surface area contributed by atoms with E-state index in [0.29, 0.717) is 24.6 Å². The lowest BCUT2D eigenvalue weighted by atomic mass is 10.1. The number of nitrogens with one attached hydrogen (secondary N) is 2. The van der Waals surface area contributed by atoms with Gasteiger partial charge in [0.05, 0.1) is 12.2 Å². The van der Waals surface area contributed by atoms with Crippen LogP contribution in [0, 0.1) is 20.8 Å². The zero-order chi connectivity index (χ0) is 22.1. The number of aryl methyl sites for hydroxylation is 3. The molecule has 1 heterocycles. The highest BCUT2D eigenvalue weighted by Crippen LogP contribution is 2.24. The summed E-state index contributed by atoms with van der Waals surface area (Å²) in [5.41, 5.74) is 3.44. The largest absolute Gasteiger partial charge is 0.484 e. The Bertz CT molecular complexity index is 834. The summed E-state index contributed by atoms with van der Waals surface area (Å²) in [6, 6.07) is 5.17. The molecule has 6 nitrogen and oxygen atoms in total. The molecular formula is C21H30F3IN4O2. The number of aliphatic imine (C=N–C) groups is 1. The van der Waals surface area contributed by atoms with Gasteiger partial charge in [-0.25, -0.2) is 4.99 Å². The van der Waals surface area contributed by atoms with Gasteiger partial charge in [0.15, 0.2) is 12.6 Å². The molecule has 0 saturated heterocycles. The fraction of sp³-hybridized carbons (Fsp3) is 0.524. The Morgan fingerprint density at radius 2 is 1.94 bits per heavy atom. The van der Waals surface area contributed by atoms with Crippen molar-refractivity contribution in [2.45, 2.75) is 53.3 Å². The van der Waals surface area contributed by atoms with E-state index < -0.39 is 12.8 Å². The minimum Gasteiger partial charge on any atom is -0.484 e. The van der Waals surface area contributed by atoms with E-state index in [1.54, 1.807) is 19.1 Å². The highest BCUT2D eigenvalue weighted by atomic mass is 127. The molecule has 2 N–H and O–H groups in total. The van der Waals surface area contributed by atoms with Crippen LogP contribution in [0.2, 0.25) is 0 Å². The third-order valence-corrected chi connectivity index (χ3v) is 4.44. The maximum absolute atomic E-state index is 12.5. The minimum absolute atomic E-state index is 0. The van der Waals surface area contributed by atoms with Crippen LogP contribution < -0.4 is 15.4 Å². The Morgan fingerprint density at radius 1 is 1.19 bits per heavy atom. The van der Waals surface area contributed by atoms with Crippen LogP contribution in [-0.4, -0.2) is 37.0 Å². The van der Waals surface area contributed by atoms with Crippen molar-refractivity contribution in [1.29, 1.82) is 0 Å². The quantitative estimate of drug-likeness (QED) is 0.201. The number of halogens is 4. The predicted molar refractivity (Wildman–Crippen MR) is 125 cm³/mol. The summed E-state index contributed by atoms with van der Waals surface area (Å²) in [6.07, 6.45) is -2.69. The molecule has 0 saturated carbocycles. The Morgan fingerprint density at radius 3 is 2.55 bits per heavy atom. The molecule has 1 aromatic heterocycles. The molecule has 0 fully saturated rings. The first-order valence-corrected chi connectivity index (χ1v) is 9.92. The lowest BCUT2D eigenvalue weighted by Gasteiger charge is -2.14. The summed E-state index contributed by atoms with van der Waals surface area (Å²) in [5.74, 6) is 1.63. The SMILES string of the molecule is CCNC(=NCc1ccc(C)cc1OCC(F)(F)F)NCCCc1c(C)noc1C.I. The van der Waals surface area contributed by atoms with Crippen molar-refractivity contribution in [2.24, 2.45) is 4.99 Å². The normalized spacial score (nSPS) is 11.8. The third-order valence-electron chi connectivity index (χ3n) is 4.44. The molecular weight excluding hydrogens is 524 g/mol. The van der Waals surface area contributed by atoms with Crippen molar-refractivity contribution < 1.29 is 22.4 Å². The Hall–Kier alpha value is -1.98. The monoisotopic (exact) mass is 554 g/mol. The summed E-state index contributed by atoms with van der Waals surface area (Å²) in [7, 11) is 0. The third kappa shape index (κ3) is 9.36. The van der Waals surface area contributed by atoms with Crippen LogP contribution in [-0.2, 0) is 13.0 Å². The Labute approximate surface area is 198 Å². The van der Waals surface area contributed by atoms with E-state index in [1.807, 2.05) is 26.8 Å². The molecule has 174 valence electrons. The molecule has 0 atom stereocenters. The van der Waals surface area contributed by atoms with E-state index >= 15 is 0 Å².